The summed E-state index contributed by atoms with van der Waals surface area (Å²) < 4.78 is 0. The molecule has 34 heavy (non-hydrogen) atoms. The smallest absolute Gasteiger partial charge is 0.190 e. The molecule has 0 saturated heterocycles. The molecule has 0 heterocycles. The lowest BCUT2D eigenvalue weighted by Crippen LogP contribution is -2.20. The van der Waals surface area contributed by atoms with E-state index in [0.29, 0.717) is 41.2 Å². The second-order valence-corrected chi connectivity index (χ2v) is 10.8. The van der Waals surface area contributed by atoms with Crippen LogP contribution in [-0.4, -0.2) is 23.3 Å². The van der Waals surface area contributed by atoms with E-state index in [4.69, 9.17) is 5.11 Å². The van der Waals surface area contributed by atoms with Gasteiger partial charge < -0.3 is 5.11 Å². The molecule has 1 aromatic carbocycles. The zero-order valence-corrected chi connectivity index (χ0v) is 22.2. The minimum absolute atomic E-state index is 0.00232. The average Bonchev–Trinajstić information content (AvgIpc) is 2.82. The molecule has 0 saturated carbocycles. The van der Waals surface area contributed by atoms with Crippen LogP contribution in [0, 0.1) is 17.8 Å². The number of aliphatic hydroxyl groups is 1. The van der Waals surface area contributed by atoms with Crippen LogP contribution in [-0.2, 0) is 0 Å². The Labute approximate surface area is 207 Å². The lowest BCUT2D eigenvalue weighted by atomic mass is 9.83. The summed E-state index contributed by atoms with van der Waals surface area (Å²) >= 11 is 0. The molecular weight excluding hydrogens is 420 g/mol. The third-order valence-corrected chi connectivity index (χ3v) is 7.51. The third-order valence-electron chi connectivity index (χ3n) is 7.51. The predicted molar refractivity (Wildman–Crippen MR) is 142 cm³/mol. The Morgan fingerprint density at radius 2 is 1.32 bits per heavy atom. The molecule has 0 fully saturated rings. The number of carbonyl (C=O) groups excluding carboxylic acids is 2. The quantitative estimate of drug-likeness (QED) is 0.265. The molecule has 0 aliphatic heterocycles. The fourth-order valence-corrected chi connectivity index (χ4v) is 4.91. The molecule has 0 bridgehead atoms. The summed E-state index contributed by atoms with van der Waals surface area (Å²) in [6.07, 6.45) is 13.7. The van der Waals surface area contributed by atoms with E-state index in [0.717, 1.165) is 24.7 Å². The van der Waals surface area contributed by atoms with Gasteiger partial charge in [-0.25, -0.2) is 0 Å². The highest BCUT2D eigenvalue weighted by atomic mass is 16.3. The number of hydrogen-bond acceptors (Lipinski definition) is 3. The Bertz CT molecular complexity index is 876. The molecule has 3 atom stereocenters. The molecule has 0 amide bonds. The molecule has 0 radical (unpaired) electrons. The van der Waals surface area contributed by atoms with Crippen LogP contribution < -0.4 is 0 Å². The van der Waals surface area contributed by atoms with Crippen LogP contribution in [0.2, 0.25) is 0 Å². The van der Waals surface area contributed by atoms with Crippen LogP contribution in [0.15, 0.2) is 47.1 Å². The summed E-state index contributed by atoms with van der Waals surface area (Å²) in [6, 6.07) is 7.15. The van der Waals surface area contributed by atoms with Crippen LogP contribution in [0.3, 0.4) is 0 Å². The summed E-state index contributed by atoms with van der Waals surface area (Å²) in [7, 11) is 0. The van der Waals surface area contributed by atoms with Gasteiger partial charge in [-0.15, -0.1) is 0 Å². The number of aliphatic hydroxyl groups excluding tert-OH is 1. The van der Waals surface area contributed by atoms with Crippen molar-refractivity contribution in [2.24, 2.45) is 17.8 Å². The van der Waals surface area contributed by atoms with Crippen molar-refractivity contribution in [3.8, 4) is 0 Å². The molecular formula is C31H46O3. The first-order chi connectivity index (χ1) is 16.2. The van der Waals surface area contributed by atoms with Crippen LogP contribution in [0.5, 0.6) is 0 Å². The van der Waals surface area contributed by atoms with E-state index in [1.165, 1.54) is 50.5 Å². The highest BCUT2D eigenvalue weighted by Gasteiger charge is 2.28. The molecule has 1 N–H and O–H groups in total. The van der Waals surface area contributed by atoms with E-state index < -0.39 is 0 Å². The maximum atomic E-state index is 12.9. The molecule has 0 spiro atoms. The maximum Gasteiger partial charge on any atom is 0.190 e. The minimum atomic E-state index is -0.0147. The van der Waals surface area contributed by atoms with E-state index in [1.54, 1.807) is 19.1 Å². The first-order valence-electron chi connectivity index (χ1n) is 13.4. The molecule has 2 rings (SSSR count). The van der Waals surface area contributed by atoms with E-state index in [-0.39, 0.29) is 11.6 Å². The van der Waals surface area contributed by atoms with Crippen molar-refractivity contribution in [3.05, 3.63) is 58.2 Å². The monoisotopic (exact) mass is 466 g/mol. The third kappa shape index (κ3) is 8.65. The van der Waals surface area contributed by atoms with Gasteiger partial charge in [-0.3, -0.25) is 9.59 Å². The minimum Gasteiger partial charge on any atom is -0.396 e. The van der Waals surface area contributed by atoms with Gasteiger partial charge in [0.2, 0.25) is 0 Å². The molecule has 188 valence electrons. The number of rotatable bonds is 15. The number of Topliss-reactive ketones (excluding diaryl/α,β-unsaturated/α-hetero) is 2. The van der Waals surface area contributed by atoms with Crippen LogP contribution in [0.25, 0.3) is 0 Å². The molecule has 1 aromatic rings. The van der Waals surface area contributed by atoms with Crippen molar-refractivity contribution in [2.45, 2.75) is 98.8 Å². The normalized spacial score (nSPS) is 17.1. The lowest BCUT2D eigenvalue weighted by molar-refractivity contribution is 0.0973. The largest absolute Gasteiger partial charge is 0.396 e. The predicted octanol–water partition coefficient (Wildman–Crippen LogP) is 8.13. The fraction of sp³-hybridized carbons (Fsp3) is 0.613. The van der Waals surface area contributed by atoms with E-state index in [2.05, 4.69) is 33.8 Å². The highest BCUT2D eigenvalue weighted by Crippen LogP contribution is 2.29. The average molecular weight is 467 g/mol. The maximum absolute atomic E-state index is 12.9. The van der Waals surface area contributed by atoms with Gasteiger partial charge in [-0.05, 0) is 57.3 Å². The molecule has 1 aliphatic rings. The van der Waals surface area contributed by atoms with Gasteiger partial charge in [0.1, 0.15) is 0 Å². The number of carbonyl (C=O) groups is 2. The summed E-state index contributed by atoms with van der Waals surface area (Å²) in [5.74, 6) is 1.95. The molecule has 3 nitrogen and oxygen atoms in total. The summed E-state index contributed by atoms with van der Waals surface area (Å²) in [5.41, 5.74) is 3.63. The first kappa shape index (κ1) is 28.2. The Hall–Kier alpha value is -2.00. The number of fused-ring (bicyclic) bond motifs is 1. The first-order valence-corrected chi connectivity index (χ1v) is 13.4. The zero-order valence-electron chi connectivity index (χ0n) is 22.2. The SMILES string of the molecule is CC1=C(C/C=C(\C)CCCC(C)CCCC(C)CCCC(C)CO)C(=O)c2ccccc2C1=O. The van der Waals surface area contributed by atoms with Gasteiger partial charge in [0.15, 0.2) is 11.6 Å². The van der Waals surface area contributed by atoms with Gasteiger partial charge >= 0.3 is 0 Å². The molecule has 3 heteroatoms. The number of benzene rings is 1. The summed E-state index contributed by atoms with van der Waals surface area (Å²) in [5, 5.41) is 9.13. The Morgan fingerprint density at radius 1 is 0.824 bits per heavy atom. The molecule has 1 aliphatic carbocycles. The van der Waals surface area contributed by atoms with Crippen molar-refractivity contribution >= 4 is 11.6 Å². The summed E-state index contributed by atoms with van der Waals surface area (Å²) in [4.78, 5) is 25.5. The fourth-order valence-electron chi connectivity index (χ4n) is 4.91. The van der Waals surface area contributed by atoms with E-state index in [1.807, 2.05) is 12.1 Å². The van der Waals surface area contributed by atoms with Crippen LogP contribution in [0.4, 0.5) is 0 Å². The van der Waals surface area contributed by atoms with E-state index >= 15 is 0 Å². The van der Waals surface area contributed by atoms with Gasteiger partial charge in [0.05, 0.1) is 0 Å². The Balaban J connectivity index is 1.68. The van der Waals surface area contributed by atoms with Crippen molar-refractivity contribution in [2.75, 3.05) is 6.61 Å². The second kappa shape index (κ2) is 14.4. The highest BCUT2D eigenvalue weighted by molar-refractivity contribution is 6.26. The molecule has 0 aromatic heterocycles. The number of allylic oxidation sites excluding steroid dienone is 4. The van der Waals surface area contributed by atoms with Crippen molar-refractivity contribution in [1.29, 1.82) is 0 Å². The Kier molecular flexibility index (Phi) is 12.0. The van der Waals surface area contributed by atoms with Crippen LogP contribution >= 0.6 is 0 Å². The van der Waals surface area contributed by atoms with Gasteiger partial charge in [0, 0.05) is 28.9 Å². The van der Waals surface area contributed by atoms with Crippen molar-refractivity contribution in [1.82, 2.24) is 0 Å². The zero-order chi connectivity index (χ0) is 25.1. The second-order valence-electron chi connectivity index (χ2n) is 10.8. The standard InChI is InChI=1S/C31H46O3/c1-22(11-8-12-23(2)14-10-16-25(4)21-32)13-9-15-24(3)19-20-27-26(5)30(33)28-17-6-7-18-29(28)31(27)34/h6-7,17-19,22-23,25,32H,8-16,20-21H2,1-5H3/b24-19+. The lowest BCUT2D eigenvalue weighted by Gasteiger charge is -2.18. The van der Waals surface area contributed by atoms with Gasteiger partial charge in [-0.2, -0.15) is 0 Å². The summed E-state index contributed by atoms with van der Waals surface area (Å²) in [6.45, 7) is 11.1. The van der Waals surface area contributed by atoms with Crippen molar-refractivity contribution in [3.63, 3.8) is 0 Å². The van der Waals surface area contributed by atoms with Gasteiger partial charge in [-0.1, -0.05) is 95.2 Å². The number of ketones is 2. The van der Waals surface area contributed by atoms with Crippen LogP contribution in [0.1, 0.15) is 120 Å². The van der Waals surface area contributed by atoms with Crippen molar-refractivity contribution < 1.29 is 14.7 Å². The molecule has 3 unspecified atom stereocenters. The van der Waals surface area contributed by atoms with E-state index in [9.17, 15) is 9.59 Å². The van der Waals surface area contributed by atoms with Gasteiger partial charge in [0.25, 0.3) is 0 Å². The Morgan fingerprint density at radius 3 is 1.88 bits per heavy atom. The number of hydrogen-bond donors (Lipinski definition) is 1. The topological polar surface area (TPSA) is 54.4 Å².